The van der Waals surface area contributed by atoms with Gasteiger partial charge in [0.2, 0.25) is 11.0 Å². The Morgan fingerprint density at radius 2 is 2.11 bits per heavy atom. The molecule has 0 fully saturated rings. The number of hydrogen-bond donors (Lipinski definition) is 1. The lowest BCUT2D eigenvalue weighted by atomic mass is 10.1. The van der Waals surface area contributed by atoms with E-state index in [1.54, 1.807) is 0 Å². The summed E-state index contributed by atoms with van der Waals surface area (Å²) in [5, 5.41) is 12.2. The fraction of sp³-hybridized carbons (Fsp3) is 0.250. The van der Waals surface area contributed by atoms with Crippen molar-refractivity contribution in [1.29, 1.82) is 0 Å². The largest absolute Gasteiger partial charge is 0.452 e. The Kier molecular flexibility index (Phi) is 2.79. The quantitative estimate of drug-likeness (QED) is 0.795. The Hall–Kier alpha value is -1.82. The topological polar surface area (TPSA) is 59.9 Å². The van der Waals surface area contributed by atoms with Gasteiger partial charge in [0.1, 0.15) is 0 Å². The molecule has 2 aromatic rings. The van der Waals surface area contributed by atoms with Gasteiger partial charge in [-0.05, 0) is 19.2 Å². The molecule has 0 bridgehead atoms. The highest BCUT2D eigenvalue weighted by molar-refractivity contribution is 7.98. The maximum absolute atomic E-state index is 5.74. The first-order valence-corrected chi connectivity index (χ1v) is 6.81. The van der Waals surface area contributed by atoms with E-state index in [0.717, 1.165) is 11.3 Å². The van der Waals surface area contributed by atoms with Crippen LogP contribution in [0.25, 0.3) is 11.3 Å². The molecule has 0 amide bonds. The third kappa shape index (κ3) is 1.88. The minimum atomic E-state index is -0.154. The van der Waals surface area contributed by atoms with E-state index < -0.39 is 0 Å². The van der Waals surface area contributed by atoms with Crippen molar-refractivity contribution in [3.05, 3.63) is 24.3 Å². The number of para-hydroxylation sites is 1. The van der Waals surface area contributed by atoms with Crippen molar-refractivity contribution >= 4 is 17.4 Å². The molecular weight excluding hydrogens is 248 g/mol. The van der Waals surface area contributed by atoms with E-state index in [1.807, 2.05) is 37.4 Å². The smallest absolute Gasteiger partial charge is 0.247 e. The van der Waals surface area contributed by atoms with Gasteiger partial charge in [-0.2, -0.15) is 4.98 Å². The second-order valence-electron chi connectivity index (χ2n) is 3.90. The fourth-order valence-electron chi connectivity index (χ4n) is 1.87. The predicted octanol–water partition coefficient (Wildman–Crippen LogP) is 2.41. The Bertz CT molecular complexity index is 590. The zero-order valence-corrected chi connectivity index (χ0v) is 10.9. The molecule has 1 aliphatic rings. The maximum Gasteiger partial charge on any atom is 0.247 e. The molecule has 0 saturated heterocycles. The van der Waals surface area contributed by atoms with Crippen LogP contribution in [0, 0.1) is 0 Å². The molecule has 2 heterocycles. The minimum absolute atomic E-state index is 0.154. The van der Waals surface area contributed by atoms with Gasteiger partial charge in [-0.1, -0.05) is 30.0 Å². The van der Waals surface area contributed by atoms with Gasteiger partial charge in [0.25, 0.3) is 0 Å². The average Bonchev–Trinajstić information content (AvgIpc) is 2.53. The number of rotatable bonds is 1. The highest BCUT2D eigenvalue weighted by atomic mass is 32.2. The zero-order chi connectivity index (χ0) is 12.5. The van der Waals surface area contributed by atoms with Gasteiger partial charge in [-0.3, -0.25) is 0 Å². The van der Waals surface area contributed by atoms with E-state index in [1.165, 1.54) is 11.8 Å². The lowest BCUT2D eigenvalue weighted by molar-refractivity contribution is 0.240. The number of aromatic nitrogens is 3. The van der Waals surface area contributed by atoms with Gasteiger partial charge < -0.3 is 10.1 Å². The Morgan fingerprint density at radius 3 is 2.94 bits per heavy atom. The van der Waals surface area contributed by atoms with Crippen molar-refractivity contribution < 1.29 is 4.74 Å². The molecule has 0 unspecified atom stereocenters. The molecule has 6 heteroatoms. The van der Waals surface area contributed by atoms with Crippen LogP contribution in [0.5, 0.6) is 5.88 Å². The summed E-state index contributed by atoms with van der Waals surface area (Å²) in [4.78, 5) is 4.37. The summed E-state index contributed by atoms with van der Waals surface area (Å²) in [6, 6.07) is 7.91. The highest BCUT2D eigenvalue weighted by Gasteiger charge is 2.22. The Morgan fingerprint density at radius 1 is 1.28 bits per heavy atom. The lowest BCUT2D eigenvalue weighted by Crippen LogP contribution is -2.21. The molecule has 1 aromatic heterocycles. The van der Waals surface area contributed by atoms with Crippen molar-refractivity contribution in [3.63, 3.8) is 0 Å². The van der Waals surface area contributed by atoms with E-state index in [2.05, 4.69) is 20.5 Å². The van der Waals surface area contributed by atoms with Crippen LogP contribution in [0.2, 0.25) is 0 Å². The monoisotopic (exact) mass is 260 g/mol. The van der Waals surface area contributed by atoms with E-state index >= 15 is 0 Å². The average molecular weight is 260 g/mol. The van der Waals surface area contributed by atoms with E-state index in [9.17, 15) is 0 Å². The van der Waals surface area contributed by atoms with Gasteiger partial charge in [-0.15, -0.1) is 10.2 Å². The van der Waals surface area contributed by atoms with Gasteiger partial charge in [0, 0.05) is 11.3 Å². The SMILES string of the molecule is CSc1nnc2c(n1)O[C@@H](C)Nc1ccccc1-2. The van der Waals surface area contributed by atoms with Crippen LogP contribution in [-0.2, 0) is 0 Å². The molecule has 1 aliphatic heterocycles. The molecule has 3 rings (SSSR count). The number of fused-ring (bicyclic) bond motifs is 3. The summed E-state index contributed by atoms with van der Waals surface area (Å²) in [7, 11) is 0. The summed E-state index contributed by atoms with van der Waals surface area (Å²) in [5.74, 6) is 0.527. The van der Waals surface area contributed by atoms with Gasteiger partial charge >= 0.3 is 0 Å². The number of hydrogen-bond acceptors (Lipinski definition) is 6. The van der Waals surface area contributed by atoms with Gasteiger partial charge in [0.05, 0.1) is 0 Å². The molecular formula is C12H12N4OS. The molecule has 92 valence electrons. The summed E-state index contributed by atoms with van der Waals surface area (Å²) < 4.78 is 5.74. The van der Waals surface area contributed by atoms with Gasteiger partial charge in [0.15, 0.2) is 11.9 Å². The number of nitrogens with zero attached hydrogens (tertiary/aromatic N) is 3. The fourth-order valence-corrected chi connectivity index (χ4v) is 2.16. The number of anilines is 1. The van der Waals surface area contributed by atoms with Gasteiger partial charge in [-0.25, -0.2) is 0 Å². The lowest BCUT2D eigenvalue weighted by Gasteiger charge is -2.13. The van der Waals surface area contributed by atoms with Crippen LogP contribution in [-0.4, -0.2) is 27.7 Å². The van der Waals surface area contributed by atoms with E-state index in [-0.39, 0.29) is 6.23 Å². The van der Waals surface area contributed by atoms with Crippen molar-refractivity contribution in [2.24, 2.45) is 0 Å². The van der Waals surface area contributed by atoms with Crippen LogP contribution < -0.4 is 10.1 Å². The molecule has 1 aromatic carbocycles. The van der Waals surface area contributed by atoms with Crippen molar-refractivity contribution in [2.75, 3.05) is 11.6 Å². The second kappa shape index (κ2) is 4.45. The van der Waals surface area contributed by atoms with Crippen molar-refractivity contribution in [2.45, 2.75) is 18.3 Å². The summed E-state index contributed by atoms with van der Waals surface area (Å²) >= 11 is 1.45. The Balaban J connectivity index is 2.20. The first-order valence-electron chi connectivity index (χ1n) is 5.59. The molecule has 1 atom stereocenters. The normalized spacial score (nSPS) is 16.9. The van der Waals surface area contributed by atoms with Crippen molar-refractivity contribution in [3.8, 4) is 17.1 Å². The molecule has 0 spiro atoms. The van der Waals surface area contributed by atoms with Crippen LogP contribution in [0.4, 0.5) is 5.69 Å². The summed E-state index contributed by atoms with van der Waals surface area (Å²) in [6.07, 6.45) is 1.76. The van der Waals surface area contributed by atoms with Crippen LogP contribution in [0.3, 0.4) is 0 Å². The van der Waals surface area contributed by atoms with E-state index in [4.69, 9.17) is 4.74 Å². The summed E-state index contributed by atoms with van der Waals surface area (Å²) in [5.41, 5.74) is 2.63. The zero-order valence-electron chi connectivity index (χ0n) is 10.0. The Labute approximate surface area is 109 Å². The molecule has 18 heavy (non-hydrogen) atoms. The number of thioether (sulfide) groups is 1. The maximum atomic E-state index is 5.74. The number of nitrogens with one attached hydrogen (secondary N) is 1. The van der Waals surface area contributed by atoms with Crippen LogP contribution in [0.15, 0.2) is 29.4 Å². The van der Waals surface area contributed by atoms with Crippen molar-refractivity contribution in [1.82, 2.24) is 15.2 Å². The highest BCUT2D eigenvalue weighted by Crippen LogP contribution is 2.35. The third-order valence-corrected chi connectivity index (χ3v) is 3.19. The van der Waals surface area contributed by atoms with Crippen LogP contribution >= 0.6 is 11.8 Å². The molecule has 1 N–H and O–H groups in total. The second-order valence-corrected chi connectivity index (χ2v) is 4.68. The first-order chi connectivity index (χ1) is 8.78. The minimum Gasteiger partial charge on any atom is -0.452 e. The van der Waals surface area contributed by atoms with E-state index in [0.29, 0.717) is 16.7 Å². The molecule has 0 aliphatic carbocycles. The van der Waals surface area contributed by atoms with Crippen LogP contribution in [0.1, 0.15) is 6.92 Å². The third-order valence-electron chi connectivity index (χ3n) is 2.65. The predicted molar refractivity (Wildman–Crippen MR) is 70.8 cm³/mol. The summed E-state index contributed by atoms with van der Waals surface area (Å²) in [6.45, 7) is 1.94. The number of ether oxygens (including phenoxy) is 1. The number of benzene rings is 1. The molecule has 0 saturated carbocycles. The standard InChI is InChI=1S/C12H12N4OS/c1-7-13-9-6-4-3-5-8(9)10-11(17-7)14-12(18-2)16-15-10/h3-7,13H,1-2H3/t7-/m0/s1. The molecule has 5 nitrogen and oxygen atoms in total. The molecule has 0 radical (unpaired) electrons. The first kappa shape index (κ1) is 11.3.